The molecule has 2 aromatic carbocycles. The summed E-state index contributed by atoms with van der Waals surface area (Å²) in [5.41, 5.74) is 4.82. The van der Waals surface area contributed by atoms with Crippen LogP contribution in [0, 0.1) is 13.8 Å². The van der Waals surface area contributed by atoms with Crippen molar-refractivity contribution in [2.24, 2.45) is 0 Å². The largest absolute Gasteiger partial charge is 0.325 e. The van der Waals surface area contributed by atoms with Crippen molar-refractivity contribution in [3.8, 4) is 0 Å². The number of para-hydroxylation sites is 3. The van der Waals surface area contributed by atoms with E-state index in [1.165, 1.54) is 11.8 Å². The van der Waals surface area contributed by atoms with Gasteiger partial charge in [0.15, 0.2) is 0 Å². The second kappa shape index (κ2) is 7.15. The number of nitrogens with one attached hydrogen (secondary N) is 1. The zero-order valence-electron chi connectivity index (χ0n) is 13.4. The summed E-state index contributed by atoms with van der Waals surface area (Å²) < 4.78 is 2.45. The number of benzene rings is 2. The van der Waals surface area contributed by atoms with E-state index < -0.39 is 0 Å². The van der Waals surface area contributed by atoms with Gasteiger partial charge in [-0.05, 0) is 37.1 Å². The number of hydrogen-bond acceptors (Lipinski definition) is 4. The number of aromatic nitrogens is 2. The van der Waals surface area contributed by atoms with E-state index in [9.17, 15) is 4.79 Å². The van der Waals surface area contributed by atoms with E-state index in [1.54, 1.807) is 6.33 Å². The molecule has 0 atom stereocenters. The van der Waals surface area contributed by atoms with E-state index in [-0.39, 0.29) is 11.7 Å². The van der Waals surface area contributed by atoms with E-state index in [4.69, 9.17) is 12.2 Å². The van der Waals surface area contributed by atoms with E-state index >= 15 is 0 Å². The monoisotopic (exact) mass is 355 g/mol. The maximum atomic E-state index is 12.2. The molecule has 3 aromatic rings. The summed E-state index contributed by atoms with van der Waals surface area (Å²) in [5, 5.41) is 2.97. The number of carbonyl (C=O) groups is 1. The van der Waals surface area contributed by atoms with Gasteiger partial charge in [0.1, 0.15) is 10.6 Å². The molecule has 1 N–H and O–H groups in total. The van der Waals surface area contributed by atoms with E-state index in [1.807, 2.05) is 60.9 Å². The fourth-order valence-corrected chi connectivity index (χ4v) is 3.42. The minimum absolute atomic E-state index is 0.0656. The maximum Gasteiger partial charge on any atom is 0.234 e. The smallest absolute Gasteiger partial charge is 0.234 e. The number of hydrogen-bond donors (Lipinski definition) is 1. The molecule has 0 aliphatic carbocycles. The Bertz CT molecular complexity index is 897. The number of carbonyl (C=O) groups excluding carboxylic acids is 1. The fourth-order valence-electron chi connectivity index (χ4n) is 2.49. The summed E-state index contributed by atoms with van der Waals surface area (Å²) in [6.07, 6.45) is 1.70. The molecule has 6 heteroatoms. The predicted octanol–water partition coefficient (Wildman–Crippen LogP) is 4.16. The Morgan fingerprint density at radius 2 is 1.88 bits per heavy atom. The highest BCUT2D eigenvalue weighted by Crippen LogP contribution is 2.20. The number of thiocarbonyl (C=S) groups is 1. The fraction of sp³-hybridized carbons (Fsp3) is 0.167. The predicted molar refractivity (Wildman–Crippen MR) is 105 cm³/mol. The van der Waals surface area contributed by atoms with Crippen LogP contribution in [0.2, 0.25) is 0 Å². The Balaban J connectivity index is 1.65. The Morgan fingerprint density at radius 1 is 1.17 bits per heavy atom. The molecule has 1 amide bonds. The molecule has 1 heterocycles. The molecule has 0 saturated carbocycles. The Hall–Kier alpha value is -2.18. The number of nitrogens with zero attached hydrogens (tertiary/aromatic N) is 2. The number of anilines is 1. The van der Waals surface area contributed by atoms with Crippen LogP contribution in [-0.4, -0.2) is 25.5 Å². The molecule has 3 rings (SSSR count). The molecule has 0 aliphatic heterocycles. The van der Waals surface area contributed by atoms with Crippen LogP contribution in [0.15, 0.2) is 48.8 Å². The van der Waals surface area contributed by atoms with Gasteiger partial charge in [-0.15, -0.1) is 0 Å². The molecule has 24 heavy (non-hydrogen) atoms. The minimum atomic E-state index is -0.0656. The first-order valence-corrected chi connectivity index (χ1v) is 8.91. The summed E-state index contributed by atoms with van der Waals surface area (Å²) >= 11 is 6.77. The molecule has 0 saturated heterocycles. The average Bonchev–Trinajstić information content (AvgIpc) is 3.00. The van der Waals surface area contributed by atoms with E-state index in [2.05, 4.69) is 10.3 Å². The van der Waals surface area contributed by atoms with Crippen molar-refractivity contribution in [2.45, 2.75) is 13.8 Å². The number of aryl methyl sites for hydroxylation is 2. The van der Waals surface area contributed by atoms with E-state index in [0.717, 1.165) is 27.8 Å². The van der Waals surface area contributed by atoms with Gasteiger partial charge in [-0.25, -0.2) is 4.98 Å². The molecule has 0 aliphatic rings. The first-order valence-electron chi connectivity index (χ1n) is 7.51. The van der Waals surface area contributed by atoms with Crippen LogP contribution >= 0.6 is 24.0 Å². The number of rotatable bonds is 3. The number of thioether (sulfide) groups is 1. The van der Waals surface area contributed by atoms with Crippen LogP contribution in [0.1, 0.15) is 11.1 Å². The van der Waals surface area contributed by atoms with Gasteiger partial charge in [0.2, 0.25) is 5.91 Å². The third kappa shape index (κ3) is 3.49. The van der Waals surface area contributed by atoms with Gasteiger partial charge in [0.25, 0.3) is 0 Å². The number of imidazole rings is 1. The quantitative estimate of drug-likeness (QED) is 0.717. The molecule has 1 aromatic heterocycles. The molecule has 0 radical (unpaired) electrons. The van der Waals surface area contributed by atoms with Crippen molar-refractivity contribution in [1.29, 1.82) is 0 Å². The molecule has 0 unspecified atom stereocenters. The van der Waals surface area contributed by atoms with Crippen molar-refractivity contribution >= 4 is 50.9 Å². The lowest BCUT2D eigenvalue weighted by Gasteiger charge is -2.11. The summed E-state index contributed by atoms with van der Waals surface area (Å²) in [6.45, 7) is 3.97. The van der Waals surface area contributed by atoms with Gasteiger partial charge in [0, 0.05) is 5.69 Å². The maximum absolute atomic E-state index is 12.2. The third-order valence-corrected chi connectivity index (χ3v) is 5.12. The van der Waals surface area contributed by atoms with Gasteiger partial charge >= 0.3 is 0 Å². The lowest BCUT2D eigenvalue weighted by molar-refractivity contribution is -0.113. The molecular formula is C18H17N3OS2. The molecule has 4 nitrogen and oxygen atoms in total. The lowest BCUT2D eigenvalue weighted by Crippen LogP contribution is -2.17. The van der Waals surface area contributed by atoms with Crippen LogP contribution in [0.4, 0.5) is 5.69 Å². The van der Waals surface area contributed by atoms with Crippen molar-refractivity contribution < 1.29 is 4.79 Å². The van der Waals surface area contributed by atoms with Crippen molar-refractivity contribution in [1.82, 2.24) is 9.55 Å². The molecule has 0 fully saturated rings. The van der Waals surface area contributed by atoms with Crippen molar-refractivity contribution in [3.63, 3.8) is 0 Å². The Labute approximate surface area is 150 Å². The number of fused-ring (bicyclic) bond motifs is 1. The van der Waals surface area contributed by atoms with Gasteiger partial charge < -0.3 is 5.32 Å². The van der Waals surface area contributed by atoms with Crippen molar-refractivity contribution in [3.05, 3.63) is 59.9 Å². The third-order valence-electron chi connectivity index (χ3n) is 3.72. The topological polar surface area (TPSA) is 46.9 Å². The SMILES string of the molecule is Cc1cccc(C)c1NC(=O)CSC(=S)n1cnc2ccccc21. The standard InChI is InChI=1S/C18H17N3OS2/c1-12-6-5-7-13(2)17(12)20-16(22)10-24-18(23)21-11-19-14-8-3-4-9-15(14)21/h3-9,11H,10H2,1-2H3,(H,20,22). The Morgan fingerprint density at radius 3 is 2.62 bits per heavy atom. The first-order chi connectivity index (χ1) is 11.6. The van der Waals surface area contributed by atoms with Crippen LogP contribution in [-0.2, 0) is 4.79 Å². The minimum Gasteiger partial charge on any atom is -0.325 e. The normalized spacial score (nSPS) is 10.8. The first kappa shape index (κ1) is 16.7. The number of amides is 1. The molecule has 122 valence electrons. The van der Waals surface area contributed by atoms with Gasteiger partial charge in [-0.3, -0.25) is 9.36 Å². The highest BCUT2D eigenvalue weighted by molar-refractivity contribution is 8.23. The van der Waals surface area contributed by atoms with Gasteiger partial charge in [-0.2, -0.15) is 0 Å². The molecular weight excluding hydrogens is 338 g/mol. The molecule has 0 spiro atoms. The van der Waals surface area contributed by atoms with Crippen LogP contribution in [0.5, 0.6) is 0 Å². The summed E-state index contributed by atoms with van der Waals surface area (Å²) in [7, 11) is 0. The van der Waals surface area contributed by atoms with Crippen LogP contribution in [0.25, 0.3) is 11.0 Å². The summed E-state index contributed by atoms with van der Waals surface area (Å²) in [4.78, 5) is 16.6. The average molecular weight is 355 g/mol. The zero-order chi connectivity index (χ0) is 17.1. The molecule has 0 bridgehead atoms. The van der Waals surface area contributed by atoms with E-state index in [0.29, 0.717) is 4.32 Å². The van der Waals surface area contributed by atoms with Gasteiger partial charge in [0.05, 0.1) is 16.8 Å². The second-order valence-electron chi connectivity index (χ2n) is 5.47. The van der Waals surface area contributed by atoms with Crippen LogP contribution in [0.3, 0.4) is 0 Å². The lowest BCUT2D eigenvalue weighted by atomic mass is 10.1. The summed E-state index contributed by atoms with van der Waals surface area (Å²) in [6, 6.07) is 13.7. The van der Waals surface area contributed by atoms with Crippen LogP contribution < -0.4 is 5.32 Å². The second-order valence-corrected chi connectivity index (χ2v) is 7.08. The summed E-state index contributed by atoms with van der Waals surface area (Å²) in [5.74, 6) is 0.197. The van der Waals surface area contributed by atoms with Gasteiger partial charge in [-0.1, -0.05) is 54.3 Å². The Kier molecular flexibility index (Phi) is 4.97. The highest BCUT2D eigenvalue weighted by atomic mass is 32.2. The highest BCUT2D eigenvalue weighted by Gasteiger charge is 2.11. The zero-order valence-corrected chi connectivity index (χ0v) is 15.1. The van der Waals surface area contributed by atoms with Crippen molar-refractivity contribution in [2.75, 3.05) is 11.1 Å².